The van der Waals surface area contributed by atoms with Crippen LogP contribution in [0.5, 0.6) is 0 Å². The maximum absolute atomic E-state index is 4.72. The van der Waals surface area contributed by atoms with Crippen LogP contribution in [0.15, 0.2) is 30.3 Å². The molecule has 1 aromatic carbocycles. The summed E-state index contributed by atoms with van der Waals surface area (Å²) in [5.41, 5.74) is 2.42. The van der Waals surface area contributed by atoms with Gasteiger partial charge in [0.1, 0.15) is 0 Å². The predicted molar refractivity (Wildman–Crippen MR) is 65.2 cm³/mol. The maximum Gasteiger partial charge on any atom is 0.0510 e. The van der Waals surface area contributed by atoms with E-state index in [1.807, 2.05) is 0 Å². The Bertz CT molecular complexity index is 472. The van der Waals surface area contributed by atoms with Crippen LogP contribution in [0.3, 0.4) is 0 Å². The van der Waals surface area contributed by atoms with Crippen LogP contribution in [0.2, 0.25) is 0 Å². The second-order valence-corrected chi connectivity index (χ2v) is 4.23. The second-order valence-electron chi connectivity index (χ2n) is 4.23. The lowest BCUT2D eigenvalue weighted by Crippen LogP contribution is -1.98. The Morgan fingerprint density at radius 3 is 2.60 bits per heavy atom. The monoisotopic (exact) mass is 199 g/mol. The fraction of sp³-hybridized carbons (Fsp3) is 0.357. The molecule has 1 heteroatoms. The molecule has 0 aliphatic heterocycles. The highest BCUT2D eigenvalue weighted by Gasteiger charge is 2.07. The molecule has 78 valence electrons. The number of aryl methyl sites for hydroxylation is 1. The van der Waals surface area contributed by atoms with Gasteiger partial charge in [-0.3, -0.25) is 4.98 Å². The summed E-state index contributed by atoms with van der Waals surface area (Å²) in [7, 11) is 0. The zero-order valence-corrected chi connectivity index (χ0v) is 9.62. The lowest BCUT2D eigenvalue weighted by Gasteiger charge is -2.11. The lowest BCUT2D eigenvalue weighted by molar-refractivity contribution is 0.819. The molecule has 0 atom stereocenters. The Morgan fingerprint density at radius 1 is 1.20 bits per heavy atom. The number of fused-ring (bicyclic) bond motifs is 1. The first-order chi connectivity index (χ1) is 7.22. The molecule has 1 heterocycles. The lowest BCUT2D eigenvalue weighted by atomic mass is 10.0. The highest BCUT2D eigenvalue weighted by Crippen LogP contribution is 2.24. The van der Waals surface area contributed by atoms with E-state index in [1.54, 1.807) is 0 Å². The minimum absolute atomic E-state index is 0.487. The van der Waals surface area contributed by atoms with Gasteiger partial charge >= 0.3 is 0 Å². The molecule has 0 spiro atoms. The van der Waals surface area contributed by atoms with Gasteiger partial charge in [0, 0.05) is 11.1 Å². The molecule has 0 radical (unpaired) electrons. The molecule has 0 unspecified atom stereocenters. The van der Waals surface area contributed by atoms with Crippen LogP contribution in [0.25, 0.3) is 10.8 Å². The highest BCUT2D eigenvalue weighted by molar-refractivity contribution is 5.85. The third kappa shape index (κ3) is 1.87. The van der Waals surface area contributed by atoms with Crippen molar-refractivity contribution in [2.45, 2.75) is 33.1 Å². The van der Waals surface area contributed by atoms with Crippen molar-refractivity contribution >= 4 is 10.8 Å². The number of nitrogens with zero attached hydrogens (tertiary/aromatic N) is 1. The Kier molecular flexibility index (Phi) is 2.72. The van der Waals surface area contributed by atoms with E-state index in [0.717, 1.165) is 6.42 Å². The minimum Gasteiger partial charge on any atom is -0.257 e. The van der Waals surface area contributed by atoms with Crippen molar-refractivity contribution in [1.29, 1.82) is 0 Å². The van der Waals surface area contributed by atoms with E-state index in [-0.39, 0.29) is 0 Å². The molecule has 0 N–H and O–H groups in total. The molecule has 0 fully saturated rings. The normalized spacial score (nSPS) is 11.2. The summed E-state index contributed by atoms with van der Waals surface area (Å²) in [6.45, 7) is 6.56. The van der Waals surface area contributed by atoms with Gasteiger partial charge in [0.05, 0.1) is 5.69 Å². The van der Waals surface area contributed by atoms with Crippen LogP contribution >= 0.6 is 0 Å². The third-order valence-electron chi connectivity index (χ3n) is 2.73. The standard InChI is InChI=1S/C14H17N/c1-4-12-9-11-7-5-6-8-13(11)14(15-12)10(2)3/h5-10H,4H2,1-3H3. The number of benzene rings is 1. The summed E-state index contributed by atoms with van der Waals surface area (Å²) in [6, 6.07) is 10.7. The number of rotatable bonds is 2. The summed E-state index contributed by atoms with van der Waals surface area (Å²) in [5, 5.41) is 2.61. The van der Waals surface area contributed by atoms with Gasteiger partial charge < -0.3 is 0 Å². The van der Waals surface area contributed by atoms with Gasteiger partial charge in [-0.2, -0.15) is 0 Å². The smallest absolute Gasteiger partial charge is 0.0510 e. The average Bonchev–Trinajstić information content (AvgIpc) is 2.27. The van der Waals surface area contributed by atoms with Crippen LogP contribution < -0.4 is 0 Å². The number of hydrogen-bond acceptors (Lipinski definition) is 1. The quantitative estimate of drug-likeness (QED) is 0.714. The molecule has 0 saturated heterocycles. The molecule has 15 heavy (non-hydrogen) atoms. The fourth-order valence-electron chi connectivity index (χ4n) is 1.90. The Balaban J connectivity index is 2.74. The van der Waals surface area contributed by atoms with Gasteiger partial charge in [0.15, 0.2) is 0 Å². The molecule has 2 rings (SSSR count). The zero-order valence-electron chi connectivity index (χ0n) is 9.62. The van der Waals surface area contributed by atoms with E-state index in [9.17, 15) is 0 Å². The van der Waals surface area contributed by atoms with Gasteiger partial charge in [0.2, 0.25) is 0 Å². The van der Waals surface area contributed by atoms with E-state index in [4.69, 9.17) is 4.98 Å². The van der Waals surface area contributed by atoms with Gasteiger partial charge in [-0.05, 0) is 23.8 Å². The maximum atomic E-state index is 4.72. The molecule has 1 nitrogen and oxygen atoms in total. The second kappa shape index (κ2) is 4.01. The van der Waals surface area contributed by atoms with E-state index < -0.39 is 0 Å². The first-order valence-electron chi connectivity index (χ1n) is 5.61. The summed E-state index contributed by atoms with van der Waals surface area (Å²) in [5.74, 6) is 0.487. The van der Waals surface area contributed by atoms with Gasteiger partial charge in [-0.25, -0.2) is 0 Å². The molecule has 0 amide bonds. The van der Waals surface area contributed by atoms with Crippen molar-refractivity contribution in [3.63, 3.8) is 0 Å². The largest absolute Gasteiger partial charge is 0.257 e. The zero-order chi connectivity index (χ0) is 10.8. The molecule has 0 saturated carbocycles. The third-order valence-corrected chi connectivity index (χ3v) is 2.73. The molecular weight excluding hydrogens is 182 g/mol. The molecule has 2 aromatic rings. The van der Waals surface area contributed by atoms with Gasteiger partial charge in [-0.15, -0.1) is 0 Å². The SMILES string of the molecule is CCc1cc2ccccc2c(C(C)C)n1. The molecule has 0 bridgehead atoms. The van der Waals surface area contributed by atoms with E-state index in [2.05, 4.69) is 51.1 Å². The summed E-state index contributed by atoms with van der Waals surface area (Å²) in [6.07, 6.45) is 1.00. The fourth-order valence-corrected chi connectivity index (χ4v) is 1.90. The van der Waals surface area contributed by atoms with E-state index >= 15 is 0 Å². The molecule has 0 aliphatic carbocycles. The first kappa shape index (κ1) is 10.2. The van der Waals surface area contributed by atoms with Crippen LogP contribution in [0.4, 0.5) is 0 Å². The summed E-state index contributed by atoms with van der Waals surface area (Å²) in [4.78, 5) is 4.72. The first-order valence-corrected chi connectivity index (χ1v) is 5.61. The molecular formula is C14H17N. The van der Waals surface area contributed by atoms with Crippen LogP contribution in [0, 0.1) is 0 Å². The van der Waals surface area contributed by atoms with Crippen molar-refractivity contribution in [3.05, 3.63) is 41.7 Å². The highest BCUT2D eigenvalue weighted by atomic mass is 14.7. The van der Waals surface area contributed by atoms with Crippen molar-refractivity contribution in [2.75, 3.05) is 0 Å². The summed E-state index contributed by atoms with van der Waals surface area (Å²) < 4.78 is 0. The van der Waals surface area contributed by atoms with Crippen molar-refractivity contribution in [2.24, 2.45) is 0 Å². The number of hydrogen-bond donors (Lipinski definition) is 0. The summed E-state index contributed by atoms with van der Waals surface area (Å²) >= 11 is 0. The Labute approximate surface area is 91.2 Å². The Hall–Kier alpha value is -1.37. The average molecular weight is 199 g/mol. The van der Waals surface area contributed by atoms with Crippen LogP contribution in [-0.2, 0) is 6.42 Å². The van der Waals surface area contributed by atoms with Crippen molar-refractivity contribution in [3.8, 4) is 0 Å². The number of aromatic nitrogens is 1. The predicted octanol–water partition coefficient (Wildman–Crippen LogP) is 3.92. The van der Waals surface area contributed by atoms with Crippen molar-refractivity contribution in [1.82, 2.24) is 4.98 Å². The van der Waals surface area contributed by atoms with Crippen molar-refractivity contribution < 1.29 is 0 Å². The van der Waals surface area contributed by atoms with E-state index in [0.29, 0.717) is 5.92 Å². The topological polar surface area (TPSA) is 12.9 Å². The van der Waals surface area contributed by atoms with Crippen LogP contribution in [0.1, 0.15) is 38.1 Å². The molecule has 0 aliphatic rings. The van der Waals surface area contributed by atoms with E-state index in [1.165, 1.54) is 22.2 Å². The van der Waals surface area contributed by atoms with Crippen LogP contribution in [-0.4, -0.2) is 4.98 Å². The van der Waals surface area contributed by atoms with Gasteiger partial charge in [-0.1, -0.05) is 45.0 Å². The molecule has 1 aromatic heterocycles. The minimum atomic E-state index is 0.487. The Morgan fingerprint density at radius 2 is 1.93 bits per heavy atom. The number of pyridine rings is 1. The van der Waals surface area contributed by atoms with Gasteiger partial charge in [0.25, 0.3) is 0 Å².